The monoisotopic (exact) mass is 212 g/mol. The molecule has 28 valence electrons. The minimum absolute atomic E-state index is 0. The van der Waals surface area contributed by atoms with Gasteiger partial charge in [-0.2, -0.15) is 0 Å². The van der Waals surface area contributed by atoms with Crippen molar-refractivity contribution in [3.8, 4) is 0 Å². The fraction of sp³-hybridized carbons (Fsp3) is 0. The van der Waals surface area contributed by atoms with Crippen molar-refractivity contribution in [2.75, 3.05) is 0 Å². The Bertz CT molecular complexity index is 15.5. The van der Waals surface area contributed by atoms with Crippen molar-refractivity contribution < 1.29 is 18.3 Å². The quantitative estimate of drug-likeness (QED) is 0.405. The van der Waals surface area contributed by atoms with E-state index in [1.54, 1.807) is 0 Å². The molecule has 0 saturated heterocycles. The Labute approximate surface area is 48.9 Å². The summed E-state index contributed by atoms with van der Waals surface area (Å²) in [6.07, 6.45) is 0. The van der Waals surface area contributed by atoms with Crippen molar-refractivity contribution in [1.29, 1.82) is 0 Å². The molecule has 0 spiro atoms. The summed E-state index contributed by atoms with van der Waals surface area (Å²) < 4.78 is 8.90. The van der Waals surface area contributed by atoms with E-state index in [-0.39, 0.29) is 38.4 Å². The molecule has 0 bridgehead atoms. The van der Waals surface area contributed by atoms with Crippen LogP contribution in [0.5, 0.6) is 0 Å². The summed E-state index contributed by atoms with van der Waals surface area (Å²) in [6, 6.07) is 0. The van der Waals surface area contributed by atoms with E-state index in [4.69, 9.17) is 3.87 Å². The van der Waals surface area contributed by atoms with E-state index in [0.717, 1.165) is 0 Å². The summed E-state index contributed by atoms with van der Waals surface area (Å²) in [5.74, 6) is 0. The van der Waals surface area contributed by atoms with Gasteiger partial charge in [-0.3, -0.25) is 0 Å². The Morgan fingerprint density at radius 3 is 1.75 bits per heavy atom. The first-order valence-electron chi connectivity index (χ1n) is 0.469. The first kappa shape index (κ1) is 8.95. The van der Waals surface area contributed by atoms with Gasteiger partial charge in [-0.05, 0) is 0 Å². The van der Waals surface area contributed by atoms with E-state index < -0.39 is 0 Å². The predicted octanol–water partition coefficient (Wildman–Crippen LogP) is -2.49. The Balaban J connectivity index is 0. The van der Waals surface area contributed by atoms with Crippen molar-refractivity contribution in [2.24, 2.45) is 0 Å². The molecule has 4 heteroatoms. The van der Waals surface area contributed by atoms with E-state index in [9.17, 15) is 0 Å². The third kappa shape index (κ3) is 10.9. The number of hydrogen-bond acceptors (Lipinski definition) is 1. The minimum atomic E-state index is 0. The molecule has 0 aromatic carbocycles. The van der Waals surface area contributed by atoms with E-state index >= 15 is 0 Å². The molecule has 0 atom stereocenters. The molecule has 0 unspecified atom stereocenters. The van der Waals surface area contributed by atoms with E-state index in [2.05, 4.69) is 0 Å². The molecule has 0 aromatic rings. The van der Waals surface area contributed by atoms with Crippen LogP contribution in [-0.2, 0) is 18.3 Å². The van der Waals surface area contributed by atoms with Gasteiger partial charge >= 0.3 is 48.9 Å². The predicted molar refractivity (Wildman–Crippen MR) is 20.6 cm³/mol. The number of rotatable bonds is 0. The molecule has 0 N–H and O–H groups in total. The molecule has 0 aliphatic rings. The standard InChI is InChI=1S/BH2.Co.O.Sn.4H/h1H2;;;;;;;/q+1;-1;;;;;;. The van der Waals surface area contributed by atoms with Crippen LogP contribution in [0.15, 0.2) is 0 Å². The second kappa shape index (κ2) is 8.90. The van der Waals surface area contributed by atoms with Gasteiger partial charge in [0.05, 0.1) is 0 Å². The third-order valence-corrected chi connectivity index (χ3v) is 0. The van der Waals surface area contributed by atoms with Crippen molar-refractivity contribution in [3.05, 3.63) is 0 Å². The normalized spacial score (nSPS) is 5.00. The van der Waals surface area contributed by atoms with Gasteiger partial charge in [-0.1, -0.05) is 0 Å². The molecule has 0 radical (unpaired) electrons. The van der Waals surface area contributed by atoms with Crippen LogP contribution < -0.4 is 0 Å². The van der Waals surface area contributed by atoms with Crippen molar-refractivity contribution in [2.45, 2.75) is 0 Å². The van der Waals surface area contributed by atoms with Crippen molar-refractivity contribution >= 4 is 30.6 Å². The summed E-state index contributed by atoms with van der Waals surface area (Å²) in [5, 5.41) is 0. The summed E-state index contributed by atoms with van der Waals surface area (Å²) in [5.41, 5.74) is 0. The average Bonchev–Trinajstić information content (AvgIpc) is 0.918. The van der Waals surface area contributed by atoms with Crippen LogP contribution in [0.25, 0.3) is 0 Å². The van der Waals surface area contributed by atoms with Crippen LogP contribution in [0, 0.1) is 0 Å². The van der Waals surface area contributed by atoms with Crippen LogP contribution in [0.3, 0.4) is 0 Å². The Morgan fingerprint density at radius 2 is 1.75 bits per heavy atom. The van der Waals surface area contributed by atoms with Gasteiger partial charge in [0.2, 0.25) is 0 Å². The Morgan fingerprint density at radius 1 is 1.75 bits per heavy atom. The van der Waals surface area contributed by atoms with Gasteiger partial charge in [-0.15, -0.1) is 0 Å². The first-order chi connectivity index (χ1) is 1.41. The molecule has 0 rings (SSSR count). The van der Waals surface area contributed by atoms with E-state index in [0.29, 0.717) is 0 Å². The molecular formula is H6BCoOSn. The second-order valence-corrected chi connectivity index (χ2v) is 0.561. The maximum absolute atomic E-state index is 8.90. The van der Waals surface area contributed by atoms with Crippen LogP contribution in [0.2, 0.25) is 0 Å². The topological polar surface area (TPSA) is 17.1 Å². The molecule has 0 aliphatic carbocycles. The molecule has 1 nitrogen and oxygen atoms in total. The van der Waals surface area contributed by atoms with Crippen LogP contribution in [-0.4, -0.2) is 30.6 Å². The molecule has 0 fully saturated rings. The summed E-state index contributed by atoms with van der Waals surface area (Å²) >= 11 is 0.188. The zero-order valence-corrected chi connectivity index (χ0v) is 2.78. The average molecular weight is 211 g/mol. The molecule has 0 heterocycles. The van der Waals surface area contributed by atoms with Crippen molar-refractivity contribution in [3.63, 3.8) is 0 Å². The van der Waals surface area contributed by atoms with Gasteiger partial charge < -0.3 is 0 Å². The third-order valence-electron chi connectivity index (χ3n) is 0. The van der Waals surface area contributed by atoms with Gasteiger partial charge in [0.1, 0.15) is 0 Å². The summed E-state index contributed by atoms with van der Waals surface area (Å²) in [4.78, 5) is 0. The van der Waals surface area contributed by atoms with Gasteiger partial charge in [0.15, 0.2) is 0 Å². The molecular weight excluding hydrogens is 204 g/mol. The fourth-order valence-electron chi connectivity index (χ4n) is 0. The molecule has 4 heavy (non-hydrogen) atoms. The zero-order valence-electron chi connectivity index (χ0n) is 1.74. The molecule has 0 aliphatic heterocycles. The summed E-state index contributed by atoms with van der Waals surface area (Å²) in [6.45, 7) is 1.54. The van der Waals surface area contributed by atoms with Gasteiger partial charge in [0, 0.05) is 0 Å². The molecule has 0 aromatic heterocycles. The maximum atomic E-state index is 8.90. The second-order valence-electron chi connectivity index (χ2n) is 0.136. The summed E-state index contributed by atoms with van der Waals surface area (Å²) in [7, 11) is 0. The van der Waals surface area contributed by atoms with Crippen LogP contribution in [0.1, 0.15) is 0 Å². The van der Waals surface area contributed by atoms with Gasteiger partial charge in [-0.25, -0.2) is 0 Å². The number of hydrogen-bond donors (Lipinski definition) is 0. The molecule has 0 saturated carbocycles. The Kier molecular flexibility index (Phi) is 19.9. The SMILES string of the molecule is [BH2][Co]=[O].[SnH4]. The van der Waals surface area contributed by atoms with Gasteiger partial charge in [0.25, 0.3) is 0 Å². The van der Waals surface area contributed by atoms with Crippen molar-refractivity contribution in [1.82, 2.24) is 0 Å². The fourth-order valence-corrected chi connectivity index (χ4v) is 0. The van der Waals surface area contributed by atoms with E-state index in [1.807, 2.05) is 0 Å². The zero-order chi connectivity index (χ0) is 2.71. The van der Waals surface area contributed by atoms with Crippen LogP contribution >= 0.6 is 0 Å². The van der Waals surface area contributed by atoms with E-state index in [1.165, 1.54) is 6.70 Å². The molecule has 0 amide bonds. The Hall–Kier alpha value is 1.17. The first-order valence-corrected chi connectivity index (χ1v) is 1.94. The van der Waals surface area contributed by atoms with Crippen LogP contribution in [0.4, 0.5) is 0 Å².